The van der Waals surface area contributed by atoms with E-state index in [9.17, 15) is 19.1 Å². The van der Waals surface area contributed by atoms with Gasteiger partial charge in [0.1, 0.15) is 5.82 Å². The van der Waals surface area contributed by atoms with Crippen LogP contribution in [-0.2, 0) is 9.59 Å². The molecule has 1 atom stereocenters. The maximum atomic E-state index is 13.5. The molecule has 0 aliphatic rings. The fraction of sp³-hybridized carbons (Fsp3) is 0.529. The van der Waals surface area contributed by atoms with Gasteiger partial charge in [0.15, 0.2) is 0 Å². The van der Waals surface area contributed by atoms with E-state index in [2.05, 4.69) is 10.6 Å². The van der Waals surface area contributed by atoms with Crippen molar-refractivity contribution in [3.8, 4) is 0 Å². The average molecular weight is 324 g/mol. The van der Waals surface area contributed by atoms with Crippen molar-refractivity contribution in [2.24, 2.45) is 5.41 Å². The average Bonchev–Trinajstić information content (AvgIpc) is 2.48. The van der Waals surface area contributed by atoms with Crippen LogP contribution in [0, 0.1) is 11.2 Å². The zero-order valence-corrected chi connectivity index (χ0v) is 13.9. The van der Waals surface area contributed by atoms with Crippen LogP contribution in [-0.4, -0.2) is 30.0 Å². The molecule has 23 heavy (non-hydrogen) atoms. The molecule has 0 spiro atoms. The molecule has 0 saturated carbocycles. The zero-order chi connectivity index (χ0) is 17.5. The van der Waals surface area contributed by atoms with E-state index in [0.29, 0.717) is 13.0 Å². The van der Waals surface area contributed by atoms with E-state index in [-0.39, 0.29) is 30.3 Å². The summed E-state index contributed by atoms with van der Waals surface area (Å²) in [6, 6.07) is 5.91. The summed E-state index contributed by atoms with van der Waals surface area (Å²) in [5, 5.41) is 15.2. The minimum atomic E-state index is -1.08. The summed E-state index contributed by atoms with van der Waals surface area (Å²) in [6.45, 7) is 5.82. The molecule has 1 rings (SSSR count). The third-order valence-electron chi connectivity index (χ3n) is 3.30. The lowest BCUT2D eigenvalue weighted by Crippen LogP contribution is -2.36. The predicted octanol–water partition coefficient (Wildman–Crippen LogP) is 1.92. The van der Waals surface area contributed by atoms with E-state index in [4.69, 9.17) is 0 Å². The molecule has 0 aromatic heterocycles. The summed E-state index contributed by atoms with van der Waals surface area (Å²) >= 11 is 0. The largest absolute Gasteiger partial charge is 0.386 e. The third kappa shape index (κ3) is 6.78. The monoisotopic (exact) mass is 324 g/mol. The number of hydrogen-bond donors (Lipinski definition) is 3. The first kappa shape index (κ1) is 19.1. The lowest BCUT2D eigenvalue weighted by Gasteiger charge is -2.17. The Hall–Kier alpha value is -1.95. The smallest absolute Gasteiger partial charge is 0.225 e. The van der Waals surface area contributed by atoms with Gasteiger partial charge in [-0.1, -0.05) is 39.0 Å². The molecule has 1 aromatic rings. The number of carbonyl (C=O) groups is 2. The van der Waals surface area contributed by atoms with Crippen molar-refractivity contribution in [1.82, 2.24) is 10.6 Å². The Labute approximate surface area is 136 Å². The zero-order valence-electron chi connectivity index (χ0n) is 13.9. The standard InChI is InChI=1S/C17H25FN2O3/c1-17(2,3)16(23)19-10-6-9-15(22)20-11-14(21)12-7-4-5-8-13(12)18/h4-5,7-8,14,21H,6,9-11H2,1-3H3,(H,19,23)(H,20,22). The summed E-state index contributed by atoms with van der Waals surface area (Å²) in [7, 11) is 0. The van der Waals surface area contributed by atoms with E-state index >= 15 is 0 Å². The molecule has 0 radical (unpaired) electrons. The maximum absolute atomic E-state index is 13.5. The second-order valence-electron chi connectivity index (χ2n) is 6.45. The van der Waals surface area contributed by atoms with E-state index < -0.39 is 17.3 Å². The molecule has 1 aromatic carbocycles. The van der Waals surface area contributed by atoms with E-state index in [1.807, 2.05) is 20.8 Å². The minimum absolute atomic E-state index is 0.0475. The Morgan fingerprint density at radius 3 is 2.48 bits per heavy atom. The first-order valence-electron chi connectivity index (χ1n) is 7.69. The third-order valence-corrected chi connectivity index (χ3v) is 3.30. The summed E-state index contributed by atoms with van der Waals surface area (Å²) in [4.78, 5) is 23.3. The van der Waals surface area contributed by atoms with Crippen LogP contribution in [0.3, 0.4) is 0 Å². The highest BCUT2D eigenvalue weighted by atomic mass is 19.1. The molecule has 3 N–H and O–H groups in total. The minimum Gasteiger partial charge on any atom is -0.386 e. The topological polar surface area (TPSA) is 78.4 Å². The number of rotatable bonds is 7. The van der Waals surface area contributed by atoms with Crippen LogP contribution in [0.4, 0.5) is 4.39 Å². The summed E-state index contributed by atoms with van der Waals surface area (Å²) in [5.74, 6) is -0.808. The highest BCUT2D eigenvalue weighted by molar-refractivity contribution is 5.81. The van der Waals surface area contributed by atoms with Crippen molar-refractivity contribution >= 4 is 11.8 Å². The molecule has 0 aliphatic heterocycles. The highest BCUT2D eigenvalue weighted by Gasteiger charge is 2.20. The lowest BCUT2D eigenvalue weighted by atomic mass is 9.96. The van der Waals surface area contributed by atoms with E-state index in [0.717, 1.165) is 0 Å². The fourth-order valence-electron chi connectivity index (χ4n) is 1.87. The number of nitrogens with one attached hydrogen (secondary N) is 2. The van der Waals surface area contributed by atoms with Gasteiger partial charge in [0.2, 0.25) is 11.8 Å². The fourth-order valence-corrected chi connectivity index (χ4v) is 1.87. The number of amides is 2. The van der Waals surface area contributed by atoms with Crippen molar-refractivity contribution in [2.75, 3.05) is 13.1 Å². The van der Waals surface area contributed by atoms with E-state index in [1.165, 1.54) is 18.2 Å². The van der Waals surface area contributed by atoms with Gasteiger partial charge in [-0.3, -0.25) is 9.59 Å². The van der Waals surface area contributed by atoms with Gasteiger partial charge in [-0.05, 0) is 12.5 Å². The molecular weight excluding hydrogens is 299 g/mol. The van der Waals surface area contributed by atoms with Crippen LogP contribution in [0.15, 0.2) is 24.3 Å². The van der Waals surface area contributed by atoms with Crippen LogP contribution < -0.4 is 10.6 Å². The second kappa shape index (κ2) is 8.62. The predicted molar refractivity (Wildman–Crippen MR) is 86.1 cm³/mol. The molecule has 6 heteroatoms. The summed E-state index contributed by atoms with van der Waals surface area (Å²) < 4.78 is 13.5. The van der Waals surface area contributed by atoms with Crippen LogP contribution in [0.2, 0.25) is 0 Å². The quantitative estimate of drug-likeness (QED) is 0.671. The number of halogens is 1. The molecule has 2 amide bonds. The highest BCUT2D eigenvalue weighted by Crippen LogP contribution is 2.15. The van der Waals surface area contributed by atoms with Gasteiger partial charge in [0.05, 0.1) is 6.10 Å². The molecule has 0 aliphatic carbocycles. The number of aliphatic hydroxyl groups is 1. The Bertz CT molecular complexity index is 541. The van der Waals surface area contributed by atoms with Gasteiger partial charge in [-0.2, -0.15) is 0 Å². The van der Waals surface area contributed by atoms with Crippen LogP contribution in [0.5, 0.6) is 0 Å². The van der Waals surface area contributed by atoms with Crippen molar-refractivity contribution in [1.29, 1.82) is 0 Å². The molecule has 1 unspecified atom stereocenters. The Morgan fingerprint density at radius 1 is 1.22 bits per heavy atom. The summed E-state index contributed by atoms with van der Waals surface area (Å²) in [6.07, 6.45) is -0.349. The normalized spacial score (nSPS) is 12.6. The second-order valence-corrected chi connectivity index (χ2v) is 6.45. The van der Waals surface area contributed by atoms with Crippen molar-refractivity contribution < 1.29 is 19.1 Å². The van der Waals surface area contributed by atoms with Crippen molar-refractivity contribution in [2.45, 2.75) is 39.7 Å². The number of benzene rings is 1. The Morgan fingerprint density at radius 2 is 1.87 bits per heavy atom. The van der Waals surface area contributed by atoms with Gasteiger partial charge in [0.25, 0.3) is 0 Å². The summed E-state index contributed by atoms with van der Waals surface area (Å²) in [5.41, 5.74) is -0.295. The van der Waals surface area contributed by atoms with Crippen LogP contribution in [0.25, 0.3) is 0 Å². The molecule has 0 saturated heterocycles. The molecule has 0 fully saturated rings. The number of hydrogen-bond acceptors (Lipinski definition) is 3. The Kier molecular flexibility index (Phi) is 7.16. The SMILES string of the molecule is CC(C)(C)C(=O)NCCCC(=O)NCC(O)c1ccccc1F. The first-order valence-corrected chi connectivity index (χ1v) is 7.69. The van der Waals surface area contributed by atoms with Gasteiger partial charge in [-0.25, -0.2) is 4.39 Å². The number of aliphatic hydroxyl groups excluding tert-OH is 1. The van der Waals surface area contributed by atoms with Gasteiger partial charge in [-0.15, -0.1) is 0 Å². The van der Waals surface area contributed by atoms with Crippen LogP contribution in [0.1, 0.15) is 45.3 Å². The van der Waals surface area contributed by atoms with Crippen LogP contribution >= 0.6 is 0 Å². The van der Waals surface area contributed by atoms with E-state index in [1.54, 1.807) is 6.07 Å². The molecular formula is C17H25FN2O3. The van der Waals surface area contributed by atoms with Gasteiger partial charge in [0, 0.05) is 30.5 Å². The van der Waals surface area contributed by atoms with Gasteiger partial charge >= 0.3 is 0 Å². The van der Waals surface area contributed by atoms with Crippen molar-refractivity contribution in [3.63, 3.8) is 0 Å². The molecule has 128 valence electrons. The number of carbonyl (C=O) groups excluding carboxylic acids is 2. The Balaban J connectivity index is 2.25. The molecule has 0 heterocycles. The first-order chi connectivity index (χ1) is 10.7. The molecule has 5 nitrogen and oxygen atoms in total. The van der Waals surface area contributed by atoms with Crippen molar-refractivity contribution in [3.05, 3.63) is 35.6 Å². The van der Waals surface area contributed by atoms with Gasteiger partial charge < -0.3 is 15.7 Å². The maximum Gasteiger partial charge on any atom is 0.225 e. The molecule has 0 bridgehead atoms. The lowest BCUT2D eigenvalue weighted by molar-refractivity contribution is -0.128.